The first-order chi connectivity index (χ1) is 8.60. The van der Waals surface area contributed by atoms with Crippen molar-refractivity contribution in [1.82, 2.24) is 10.2 Å². The number of rotatable bonds is 5. The molecule has 18 heavy (non-hydrogen) atoms. The molecule has 100 valence electrons. The second-order valence-corrected chi connectivity index (χ2v) is 4.67. The highest BCUT2D eigenvalue weighted by Crippen LogP contribution is 2.44. The molecule has 2 amide bonds. The van der Waals surface area contributed by atoms with E-state index in [2.05, 4.69) is 5.32 Å². The van der Waals surface area contributed by atoms with Crippen molar-refractivity contribution in [2.75, 3.05) is 19.7 Å². The van der Waals surface area contributed by atoms with Crippen LogP contribution >= 0.6 is 0 Å². The van der Waals surface area contributed by atoms with E-state index in [0.29, 0.717) is 32.4 Å². The Hall–Kier alpha value is -1.59. The van der Waals surface area contributed by atoms with Gasteiger partial charge in [0.25, 0.3) is 0 Å². The van der Waals surface area contributed by atoms with Gasteiger partial charge in [0.2, 0.25) is 11.8 Å². The highest BCUT2D eigenvalue weighted by Gasteiger charge is 2.57. The first-order valence-corrected chi connectivity index (χ1v) is 6.34. The van der Waals surface area contributed by atoms with Gasteiger partial charge in [-0.3, -0.25) is 14.4 Å². The molecular weight excluding hydrogens is 236 g/mol. The number of amides is 2. The summed E-state index contributed by atoms with van der Waals surface area (Å²) in [4.78, 5) is 36.5. The van der Waals surface area contributed by atoms with Gasteiger partial charge in [-0.2, -0.15) is 0 Å². The summed E-state index contributed by atoms with van der Waals surface area (Å²) in [5.74, 6) is -0.640. The lowest BCUT2D eigenvalue weighted by Crippen LogP contribution is -2.50. The van der Waals surface area contributed by atoms with Crippen LogP contribution in [0.5, 0.6) is 0 Å². The van der Waals surface area contributed by atoms with Crippen LogP contribution < -0.4 is 5.32 Å². The van der Waals surface area contributed by atoms with Crippen LogP contribution in [0.15, 0.2) is 0 Å². The summed E-state index contributed by atoms with van der Waals surface area (Å²) in [6.45, 7) is 2.53. The summed E-state index contributed by atoms with van der Waals surface area (Å²) in [6.07, 6.45) is 2.71. The molecule has 1 aliphatic carbocycles. The molecule has 6 heteroatoms. The molecule has 0 aromatic rings. The van der Waals surface area contributed by atoms with Crippen molar-refractivity contribution < 1.29 is 19.1 Å². The van der Waals surface area contributed by atoms with Gasteiger partial charge in [-0.1, -0.05) is 0 Å². The van der Waals surface area contributed by atoms with Crippen LogP contribution in [-0.4, -0.2) is 47.9 Å². The SMILES string of the molecule is CCOC(=O)CNC(=O)C1(N2CCCC2=O)CC1. The predicted molar refractivity (Wildman–Crippen MR) is 62.6 cm³/mol. The Kier molecular flexibility index (Phi) is 3.54. The number of nitrogens with zero attached hydrogens (tertiary/aromatic N) is 1. The number of likely N-dealkylation sites (tertiary alicyclic amines) is 1. The minimum Gasteiger partial charge on any atom is -0.465 e. The molecular formula is C12H18N2O4. The van der Waals surface area contributed by atoms with Crippen LogP contribution in [0.25, 0.3) is 0 Å². The molecule has 0 atom stereocenters. The van der Waals surface area contributed by atoms with Crippen molar-refractivity contribution in [1.29, 1.82) is 0 Å². The molecule has 0 radical (unpaired) electrons. The summed E-state index contributed by atoms with van der Waals surface area (Å²) in [7, 11) is 0. The highest BCUT2D eigenvalue weighted by atomic mass is 16.5. The van der Waals surface area contributed by atoms with Crippen molar-refractivity contribution >= 4 is 17.8 Å². The van der Waals surface area contributed by atoms with Crippen molar-refractivity contribution in [3.05, 3.63) is 0 Å². The first-order valence-electron chi connectivity index (χ1n) is 6.34. The smallest absolute Gasteiger partial charge is 0.325 e. The molecule has 2 rings (SSSR count). The minimum atomic E-state index is -0.680. The minimum absolute atomic E-state index is 0.0405. The average Bonchev–Trinajstić information content (AvgIpc) is 3.04. The van der Waals surface area contributed by atoms with Crippen molar-refractivity contribution in [3.8, 4) is 0 Å². The lowest BCUT2D eigenvalue weighted by Gasteiger charge is -2.26. The number of carbonyl (C=O) groups excluding carboxylic acids is 3. The number of hydrogen-bond acceptors (Lipinski definition) is 4. The topological polar surface area (TPSA) is 75.7 Å². The normalized spacial score (nSPS) is 20.7. The zero-order valence-electron chi connectivity index (χ0n) is 10.5. The van der Waals surface area contributed by atoms with E-state index in [9.17, 15) is 14.4 Å². The number of ether oxygens (including phenoxy) is 1. The molecule has 0 spiro atoms. The maximum atomic E-state index is 12.1. The predicted octanol–water partition coefficient (Wildman–Crippen LogP) is -0.179. The molecule has 0 unspecified atom stereocenters. The van der Waals surface area contributed by atoms with Gasteiger partial charge < -0.3 is 15.0 Å². The summed E-state index contributed by atoms with van der Waals surface area (Å²) < 4.78 is 4.74. The summed E-state index contributed by atoms with van der Waals surface area (Å²) in [5.41, 5.74) is -0.680. The molecule has 1 aliphatic heterocycles. The maximum absolute atomic E-state index is 12.1. The van der Waals surface area contributed by atoms with E-state index in [1.54, 1.807) is 11.8 Å². The molecule has 1 heterocycles. The summed E-state index contributed by atoms with van der Waals surface area (Å²) in [6, 6.07) is 0. The average molecular weight is 254 g/mol. The van der Waals surface area contributed by atoms with Crippen LogP contribution in [-0.2, 0) is 19.1 Å². The fourth-order valence-electron chi connectivity index (χ4n) is 2.37. The van der Waals surface area contributed by atoms with Gasteiger partial charge >= 0.3 is 5.97 Å². The molecule has 0 aromatic carbocycles. The van der Waals surface area contributed by atoms with E-state index in [1.165, 1.54) is 0 Å². The molecule has 2 aliphatic rings. The van der Waals surface area contributed by atoms with Gasteiger partial charge in [-0.25, -0.2) is 0 Å². The molecule has 0 aromatic heterocycles. The zero-order chi connectivity index (χ0) is 13.2. The Bertz CT molecular complexity index is 376. The highest BCUT2D eigenvalue weighted by molar-refractivity contribution is 5.96. The van der Waals surface area contributed by atoms with Crippen molar-refractivity contribution in [2.24, 2.45) is 0 Å². The van der Waals surface area contributed by atoms with Crippen molar-refractivity contribution in [2.45, 2.75) is 38.1 Å². The van der Waals surface area contributed by atoms with Gasteiger partial charge in [0.1, 0.15) is 12.1 Å². The van der Waals surface area contributed by atoms with E-state index < -0.39 is 11.5 Å². The molecule has 1 saturated heterocycles. The Morgan fingerprint density at radius 1 is 1.44 bits per heavy atom. The second-order valence-electron chi connectivity index (χ2n) is 4.67. The van der Waals surface area contributed by atoms with Gasteiger partial charge in [0.15, 0.2) is 0 Å². The third-order valence-corrected chi connectivity index (χ3v) is 3.43. The fraction of sp³-hybridized carbons (Fsp3) is 0.750. The van der Waals surface area contributed by atoms with E-state index in [4.69, 9.17) is 4.74 Å². The molecule has 1 N–H and O–H groups in total. The summed E-state index contributed by atoms with van der Waals surface area (Å²) >= 11 is 0. The van der Waals surface area contributed by atoms with E-state index in [1.807, 2.05) is 0 Å². The fourth-order valence-corrected chi connectivity index (χ4v) is 2.37. The molecule has 0 bridgehead atoms. The monoisotopic (exact) mass is 254 g/mol. The van der Waals surface area contributed by atoms with Crippen molar-refractivity contribution in [3.63, 3.8) is 0 Å². The quantitative estimate of drug-likeness (QED) is 0.691. The zero-order valence-corrected chi connectivity index (χ0v) is 10.5. The van der Waals surface area contributed by atoms with E-state index >= 15 is 0 Å². The van der Waals surface area contributed by atoms with Gasteiger partial charge in [-0.15, -0.1) is 0 Å². The lowest BCUT2D eigenvalue weighted by molar-refractivity contribution is -0.145. The first kappa shape index (κ1) is 12.9. The Labute approximate surface area is 106 Å². The van der Waals surface area contributed by atoms with Crippen LogP contribution in [0.3, 0.4) is 0 Å². The van der Waals surface area contributed by atoms with Crippen LogP contribution in [0.2, 0.25) is 0 Å². The largest absolute Gasteiger partial charge is 0.465 e. The number of hydrogen-bond donors (Lipinski definition) is 1. The van der Waals surface area contributed by atoms with Gasteiger partial charge in [-0.05, 0) is 26.2 Å². The molecule has 2 fully saturated rings. The van der Waals surface area contributed by atoms with Gasteiger partial charge in [0.05, 0.1) is 6.61 Å². The Morgan fingerprint density at radius 2 is 2.17 bits per heavy atom. The number of nitrogens with one attached hydrogen (secondary N) is 1. The second kappa shape index (κ2) is 4.96. The van der Waals surface area contributed by atoms with Crippen LogP contribution in [0, 0.1) is 0 Å². The Morgan fingerprint density at radius 3 is 2.67 bits per heavy atom. The number of carbonyl (C=O) groups is 3. The third-order valence-electron chi connectivity index (χ3n) is 3.43. The standard InChI is InChI=1S/C12H18N2O4/c1-2-18-10(16)8-13-11(17)12(5-6-12)14-7-3-4-9(14)15/h2-8H2,1H3,(H,13,17). The molecule has 6 nitrogen and oxygen atoms in total. The maximum Gasteiger partial charge on any atom is 0.325 e. The Balaban J connectivity index is 1.88. The third kappa shape index (κ3) is 2.32. The van der Waals surface area contributed by atoms with E-state index in [0.717, 1.165) is 6.42 Å². The van der Waals surface area contributed by atoms with Crippen LogP contribution in [0.4, 0.5) is 0 Å². The summed E-state index contributed by atoms with van der Waals surface area (Å²) in [5, 5.41) is 2.56. The van der Waals surface area contributed by atoms with E-state index in [-0.39, 0.29) is 18.4 Å². The molecule has 1 saturated carbocycles. The number of esters is 1. The van der Waals surface area contributed by atoms with Gasteiger partial charge in [0, 0.05) is 13.0 Å². The van der Waals surface area contributed by atoms with Crippen LogP contribution in [0.1, 0.15) is 32.6 Å². The lowest BCUT2D eigenvalue weighted by atomic mass is 10.2.